The molecule has 38 heavy (non-hydrogen) atoms. The summed E-state index contributed by atoms with van der Waals surface area (Å²) in [7, 11) is 6.53. The van der Waals surface area contributed by atoms with E-state index in [1.165, 1.54) is 11.8 Å². The zero-order valence-electron chi connectivity index (χ0n) is 22.4. The minimum Gasteiger partial charge on any atom is -0.493 e. The molecule has 200 valence electrons. The molecule has 3 aliphatic heterocycles. The highest BCUT2D eigenvalue weighted by atomic mass is 32.2. The number of rotatable bonds is 8. The van der Waals surface area contributed by atoms with Crippen molar-refractivity contribution in [3.63, 3.8) is 0 Å². The fraction of sp³-hybridized carbons (Fsp3) is 0.379. The maximum Gasteiger partial charge on any atom is 0.239 e. The molecule has 2 aromatic carbocycles. The third-order valence-corrected chi connectivity index (χ3v) is 7.94. The van der Waals surface area contributed by atoms with Gasteiger partial charge in [0.2, 0.25) is 5.91 Å². The van der Waals surface area contributed by atoms with Gasteiger partial charge in [0.25, 0.3) is 0 Å². The van der Waals surface area contributed by atoms with Gasteiger partial charge in [0.15, 0.2) is 28.2 Å². The van der Waals surface area contributed by atoms with Crippen LogP contribution in [0, 0.1) is 0 Å². The first-order valence-corrected chi connectivity index (χ1v) is 13.6. The van der Waals surface area contributed by atoms with E-state index < -0.39 is 0 Å². The number of nitrogens with zero attached hydrogens (tertiary/aromatic N) is 3. The predicted octanol–water partition coefficient (Wildman–Crippen LogP) is 4.77. The van der Waals surface area contributed by atoms with Crippen LogP contribution in [-0.4, -0.2) is 74.7 Å². The quantitative estimate of drug-likeness (QED) is 0.482. The van der Waals surface area contributed by atoms with Gasteiger partial charge in [-0.15, -0.1) is 0 Å². The molecule has 1 amide bonds. The van der Waals surface area contributed by atoms with Gasteiger partial charge in [-0.1, -0.05) is 30.8 Å². The molecule has 0 aromatic heterocycles. The van der Waals surface area contributed by atoms with Crippen molar-refractivity contribution in [3.8, 4) is 23.0 Å². The van der Waals surface area contributed by atoms with Crippen LogP contribution in [0.1, 0.15) is 30.5 Å². The van der Waals surface area contributed by atoms with Crippen LogP contribution in [0.15, 0.2) is 58.2 Å². The molecular formula is C29H33N3O5S. The molecule has 9 heteroatoms. The Labute approximate surface area is 227 Å². The zero-order chi connectivity index (χ0) is 26.8. The second-order valence-electron chi connectivity index (χ2n) is 9.33. The van der Waals surface area contributed by atoms with Crippen LogP contribution in [0.3, 0.4) is 0 Å². The Morgan fingerprint density at radius 2 is 1.63 bits per heavy atom. The van der Waals surface area contributed by atoms with Gasteiger partial charge in [0.05, 0.1) is 45.9 Å². The number of hydrogen-bond acceptors (Lipinski definition) is 8. The van der Waals surface area contributed by atoms with Crippen LogP contribution in [0.2, 0.25) is 0 Å². The number of aliphatic imine (C=N–C) groups is 1. The molecule has 3 aliphatic rings. The Bertz CT molecular complexity index is 1340. The average molecular weight is 536 g/mol. The molecule has 8 nitrogen and oxygen atoms in total. The van der Waals surface area contributed by atoms with Gasteiger partial charge in [-0.2, -0.15) is 0 Å². The third kappa shape index (κ3) is 4.76. The normalized spacial score (nSPS) is 20.3. The fourth-order valence-corrected chi connectivity index (χ4v) is 6.22. The summed E-state index contributed by atoms with van der Waals surface area (Å²) in [4.78, 5) is 22.5. The highest BCUT2D eigenvalue weighted by Crippen LogP contribution is 2.46. The van der Waals surface area contributed by atoms with Gasteiger partial charge < -0.3 is 18.9 Å². The summed E-state index contributed by atoms with van der Waals surface area (Å²) in [5, 5.41) is 0.746. The number of methoxy groups -OCH3 is 4. The maximum absolute atomic E-state index is 13.1. The van der Waals surface area contributed by atoms with Crippen LogP contribution in [0.4, 0.5) is 0 Å². The Kier molecular flexibility index (Phi) is 7.67. The molecule has 3 heterocycles. The molecule has 0 saturated carbocycles. The Morgan fingerprint density at radius 1 is 0.947 bits per heavy atom. The Morgan fingerprint density at radius 3 is 2.32 bits per heavy atom. The van der Waals surface area contributed by atoms with Gasteiger partial charge in [0.1, 0.15) is 0 Å². The molecule has 0 spiro atoms. The smallest absolute Gasteiger partial charge is 0.239 e. The van der Waals surface area contributed by atoms with Crippen molar-refractivity contribution in [2.24, 2.45) is 4.99 Å². The number of hydrogen-bond donors (Lipinski definition) is 0. The molecule has 2 aromatic rings. The van der Waals surface area contributed by atoms with E-state index in [4.69, 9.17) is 23.9 Å². The maximum atomic E-state index is 13.1. The first kappa shape index (κ1) is 26.2. The van der Waals surface area contributed by atoms with E-state index in [-0.39, 0.29) is 11.9 Å². The van der Waals surface area contributed by atoms with Gasteiger partial charge in [-0.25, -0.2) is 4.99 Å². The topological polar surface area (TPSA) is 72.8 Å². The largest absolute Gasteiger partial charge is 0.493 e. The monoisotopic (exact) mass is 535 g/mol. The lowest BCUT2D eigenvalue weighted by Gasteiger charge is -2.40. The standard InChI is InChI=1S/C29H33N3O5S/c1-6-11-31-15-20(12-18-7-9-22(34-2)24(13-18)36-4)27-21(16-31)28(32-26(33)17-38-29(32)30-27)19-8-10-23(35-3)25(14-19)37-5/h7-10,12-14,28H,6,11,15-17H2,1-5H3. The van der Waals surface area contributed by atoms with Gasteiger partial charge in [-0.05, 0) is 65.6 Å². The van der Waals surface area contributed by atoms with Crippen molar-refractivity contribution in [3.05, 3.63) is 64.4 Å². The van der Waals surface area contributed by atoms with E-state index in [0.717, 1.165) is 59.2 Å². The zero-order valence-corrected chi connectivity index (χ0v) is 23.3. The van der Waals surface area contributed by atoms with Crippen molar-refractivity contribution in [1.82, 2.24) is 9.80 Å². The van der Waals surface area contributed by atoms with Gasteiger partial charge in [0, 0.05) is 13.1 Å². The summed E-state index contributed by atoms with van der Waals surface area (Å²) in [6, 6.07) is 11.5. The second kappa shape index (κ2) is 11.1. The van der Waals surface area contributed by atoms with Crippen molar-refractivity contribution in [1.29, 1.82) is 0 Å². The predicted molar refractivity (Wildman–Crippen MR) is 150 cm³/mol. The lowest BCUT2D eigenvalue weighted by molar-refractivity contribution is -0.125. The third-order valence-electron chi connectivity index (χ3n) is 7.00. The minimum absolute atomic E-state index is 0.0677. The van der Waals surface area contributed by atoms with E-state index in [1.54, 1.807) is 28.4 Å². The van der Waals surface area contributed by atoms with Crippen molar-refractivity contribution in [2.45, 2.75) is 19.4 Å². The number of fused-ring (bicyclic) bond motifs is 1. The van der Waals surface area contributed by atoms with E-state index in [9.17, 15) is 4.79 Å². The first-order valence-electron chi connectivity index (χ1n) is 12.6. The number of carbonyl (C=O) groups excluding carboxylic acids is 1. The van der Waals surface area contributed by atoms with Crippen LogP contribution in [0.5, 0.6) is 23.0 Å². The molecule has 0 bridgehead atoms. The summed E-state index contributed by atoms with van der Waals surface area (Å²) in [5.74, 6) is 3.11. The second-order valence-corrected chi connectivity index (χ2v) is 10.3. The van der Waals surface area contributed by atoms with Gasteiger partial charge >= 0.3 is 0 Å². The summed E-state index contributed by atoms with van der Waals surface area (Å²) in [6.45, 7) is 4.63. The minimum atomic E-state index is -0.270. The van der Waals surface area contributed by atoms with Crippen LogP contribution in [0.25, 0.3) is 6.08 Å². The molecule has 5 rings (SSSR count). The molecule has 0 N–H and O–H groups in total. The fourth-order valence-electron chi connectivity index (χ4n) is 5.32. The van der Waals surface area contributed by atoms with E-state index >= 15 is 0 Å². The van der Waals surface area contributed by atoms with Crippen molar-refractivity contribution >= 4 is 28.9 Å². The van der Waals surface area contributed by atoms with Crippen molar-refractivity contribution < 1.29 is 23.7 Å². The average Bonchev–Trinajstić information content (AvgIpc) is 3.31. The number of amides is 1. The highest BCUT2D eigenvalue weighted by Gasteiger charge is 2.43. The van der Waals surface area contributed by atoms with Crippen molar-refractivity contribution in [2.75, 3.05) is 53.8 Å². The lowest BCUT2D eigenvalue weighted by Crippen LogP contribution is -2.44. The Hall–Kier alpha value is -3.43. The number of thioether (sulfide) groups is 1. The number of amidine groups is 1. The number of carbonyl (C=O) groups is 1. The summed E-state index contributed by atoms with van der Waals surface area (Å²) in [6.07, 6.45) is 3.20. The van der Waals surface area contributed by atoms with Crippen LogP contribution in [-0.2, 0) is 4.79 Å². The molecule has 0 aliphatic carbocycles. The van der Waals surface area contributed by atoms with E-state index in [2.05, 4.69) is 17.9 Å². The van der Waals surface area contributed by atoms with Crippen LogP contribution < -0.4 is 18.9 Å². The molecule has 0 radical (unpaired) electrons. The number of ether oxygens (including phenoxy) is 4. The number of benzene rings is 2. The molecule has 1 unspecified atom stereocenters. The first-order chi connectivity index (χ1) is 18.5. The molecular weight excluding hydrogens is 502 g/mol. The van der Waals surface area contributed by atoms with Crippen LogP contribution >= 0.6 is 11.8 Å². The Balaban J connectivity index is 1.67. The SMILES string of the molecule is CCCN1CC(=Cc2ccc(OC)c(OC)c2)C2=C(C1)C(c1ccc(OC)c(OC)c1)N1C(=O)CSC1=N2. The molecule has 1 saturated heterocycles. The van der Waals surface area contributed by atoms with E-state index in [0.29, 0.717) is 28.8 Å². The van der Waals surface area contributed by atoms with Gasteiger partial charge in [-0.3, -0.25) is 14.6 Å². The molecule has 1 atom stereocenters. The van der Waals surface area contributed by atoms with E-state index in [1.807, 2.05) is 41.3 Å². The highest BCUT2D eigenvalue weighted by molar-refractivity contribution is 8.15. The summed E-state index contributed by atoms with van der Waals surface area (Å²) >= 11 is 1.50. The summed E-state index contributed by atoms with van der Waals surface area (Å²) in [5.41, 5.74) is 5.17. The molecule has 1 fully saturated rings. The summed E-state index contributed by atoms with van der Waals surface area (Å²) < 4.78 is 22.1. The lowest BCUT2D eigenvalue weighted by atomic mass is 9.88.